The fourth-order valence-corrected chi connectivity index (χ4v) is 4.78. The van der Waals surface area contributed by atoms with Crippen molar-refractivity contribution in [1.82, 2.24) is 20.3 Å². The number of nitrogens with zero attached hydrogens (tertiary/aromatic N) is 4. The second-order valence-corrected chi connectivity index (χ2v) is 9.20. The number of aromatic nitrogens is 3. The predicted molar refractivity (Wildman–Crippen MR) is 137 cm³/mol. The van der Waals surface area contributed by atoms with Crippen molar-refractivity contribution in [3.63, 3.8) is 0 Å². The molecule has 9 nitrogen and oxygen atoms in total. The molecule has 3 aromatic heterocycles. The lowest BCUT2D eigenvalue weighted by Crippen LogP contribution is -2.37. The largest absolute Gasteiger partial charge is 0.493 e. The number of thiophene rings is 1. The van der Waals surface area contributed by atoms with Crippen LogP contribution < -0.4 is 25.0 Å². The van der Waals surface area contributed by atoms with E-state index in [0.717, 1.165) is 29.7 Å². The quantitative estimate of drug-likeness (QED) is 0.385. The van der Waals surface area contributed by atoms with Crippen molar-refractivity contribution < 1.29 is 14.3 Å². The van der Waals surface area contributed by atoms with Crippen LogP contribution >= 0.6 is 11.3 Å². The Hall–Kier alpha value is -3.92. The van der Waals surface area contributed by atoms with Gasteiger partial charge in [0.25, 0.3) is 5.91 Å². The predicted octanol–water partition coefficient (Wildman–Crippen LogP) is 3.72. The first-order valence-corrected chi connectivity index (χ1v) is 12.2. The molecule has 1 aliphatic rings. The van der Waals surface area contributed by atoms with E-state index in [9.17, 15) is 4.79 Å². The molecule has 0 saturated carbocycles. The van der Waals surface area contributed by atoms with E-state index in [2.05, 4.69) is 32.0 Å². The molecule has 1 fully saturated rings. The van der Waals surface area contributed by atoms with Crippen molar-refractivity contribution in [2.75, 3.05) is 37.5 Å². The minimum atomic E-state index is -0.103. The maximum Gasteiger partial charge on any atom is 0.251 e. The third-order valence-corrected chi connectivity index (χ3v) is 6.82. The Labute approximate surface area is 207 Å². The summed E-state index contributed by atoms with van der Waals surface area (Å²) in [5.41, 5.74) is 1.35. The Balaban J connectivity index is 1.41. The van der Waals surface area contributed by atoms with Gasteiger partial charge in [0.15, 0.2) is 11.5 Å². The first-order chi connectivity index (χ1) is 17.1. The number of nitrogens with one attached hydrogen (secondary N) is 2. The lowest BCUT2D eigenvalue weighted by molar-refractivity contribution is 0.0940. The number of pyridine rings is 1. The number of benzene rings is 1. The lowest BCUT2D eigenvalue weighted by Gasteiger charge is -2.20. The summed E-state index contributed by atoms with van der Waals surface area (Å²) in [6, 6.07) is 11.3. The van der Waals surface area contributed by atoms with Crippen LogP contribution in [0.25, 0.3) is 10.9 Å². The average Bonchev–Trinajstić information content (AvgIpc) is 3.59. The Bertz CT molecular complexity index is 1320. The van der Waals surface area contributed by atoms with Gasteiger partial charge in [0.05, 0.1) is 26.3 Å². The van der Waals surface area contributed by atoms with Gasteiger partial charge in [-0.05, 0) is 36.1 Å². The van der Waals surface area contributed by atoms with Gasteiger partial charge in [-0.15, -0.1) is 11.3 Å². The standard InChI is InChI=1S/C25H26N6O3S/c1-33-21-12-19-20(13-22(21)34-2)29-25(30-23(19)27-14-18-4-3-11-35-18)31-10-7-17(15-31)28-24(32)16-5-8-26-9-6-16/h3-6,8-9,11-13,17H,7,10,14-15H2,1-2H3,(H,28,32)(H,27,29,30). The van der Waals surface area contributed by atoms with Gasteiger partial charge in [-0.25, -0.2) is 4.98 Å². The highest BCUT2D eigenvalue weighted by molar-refractivity contribution is 7.09. The maximum absolute atomic E-state index is 12.6. The second kappa shape index (κ2) is 10.1. The Morgan fingerprint density at radius 1 is 1.14 bits per heavy atom. The van der Waals surface area contributed by atoms with Gasteiger partial charge in [-0.1, -0.05) is 6.07 Å². The highest BCUT2D eigenvalue weighted by Gasteiger charge is 2.27. The smallest absolute Gasteiger partial charge is 0.251 e. The van der Waals surface area contributed by atoms with E-state index >= 15 is 0 Å². The molecule has 4 heterocycles. The molecule has 5 rings (SSSR count). The lowest BCUT2D eigenvalue weighted by atomic mass is 10.2. The molecule has 0 spiro atoms. The van der Waals surface area contributed by atoms with E-state index in [1.54, 1.807) is 50.1 Å². The molecule has 1 unspecified atom stereocenters. The van der Waals surface area contributed by atoms with Gasteiger partial charge in [0, 0.05) is 53.4 Å². The number of hydrogen-bond acceptors (Lipinski definition) is 9. The first-order valence-electron chi connectivity index (χ1n) is 11.3. The van der Waals surface area contributed by atoms with Crippen LogP contribution in [-0.4, -0.2) is 54.2 Å². The topological polar surface area (TPSA) is 102 Å². The Morgan fingerprint density at radius 3 is 2.69 bits per heavy atom. The van der Waals surface area contributed by atoms with E-state index in [4.69, 9.17) is 19.4 Å². The van der Waals surface area contributed by atoms with E-state index in [1.165, 1.54) is 4.88 Å². The van der Waals surface area contributed by atoms with E-state index in [0.29, 0.717) is 36.1 Å². The number of carbonyl (C=O) groups is 1. The highest BCUT2D eigenvalue weighted by atomic mass is 32.1. The Morgan fingerprint density at radius 2 is 1.94 bits per heavy atom. The van der Waals surface area contributed by atoms with Crippen molar-refractivity contribution in [2.45, 2.75) is 19.0 Å². The number of fused-ring (bicyclic) bond motifs is 1. The summed E-state index contributed by atoms with van der Waals surface area (Å²) < 4.78 is 11.0. The molecule has 0 radical (unpaired) electrons. The van der Waals surface area contributed by atoms with Crippen molar-refractivity contribution >= 4 is 39.9 Å². The zero-order valence-corrected chi connectivity index (χ0v) is 20.3. The minimum Gasteiger partial charge on any atom is -0.493 e. The van der Waals surface area contributed by atoms with E-state index < -0.39 is 0 Å². The van der Waals surface area contributed by atoms with Crippen LogP contribution in [0.15, 0.2) is 54.2 Å². The fourth-order valence-electron chi connectivity index (χ4n) is 4.14. The molecule has 180 valence electrons. The molecular formula is C25H26N6O3S. The van der Waals surface area contributed by atoms with Crippen molar-refractivity contribution in [2.24, 2.45) is 0 Å². The van der Waals surface area contributed by atoms with Crippen molar-refractivity contribution in [3.8, 4) is 11.5 Å². The highest BCUT2D eigenvalue weighted by Crippen LogP contribution is 2.35. The van der Waals surface area contributed by atoms with Crippen molar-refractivity contribution in [1.29, 1.82) is 0 Å². The van der Waals surface area contributed by atoms with Gasteiger partial charge in [0.1, 0.15) is 5.82 Å². The van der Waals surface area contributed by atoms with Crippen LogP contribution in [0.1, 0.15) is 21.7 Å². The molecule has 35 heavy (non-hydrogen) atoms. The van der Waals surface area contributed by atoms with Crippen LogP contribution in [0.2, 0.25) is 0 Å². The molecule has 0 aliphatic carbocycles. The number of amides is 1. The number of anilines is 2. The first kappa shape index (κ1) is 22.9. The molecule has 10 heteroatoms. The zero-order valence-electron chi connectivity index (χ0n) is 19.5. The summed E-state index contributed by atoms with van der Waals surface area (Å²) in [6.45, 7) is 2.02. The molecule has 2 N–H and O–H groups in total. The fraction of sp³-hybridized carbons (Fsp3) is 0.280. The van der Waals surface area contributed by atoms with Gasteiger partial charge in [-0.2, -0.15) is 4.98 Å². The zero-order chi connectivity index (χ0) is 24.2. The molecule has 1 amide bonds. The summed E-state index contributed by atoms with van der Waals surface area (Å²) in [6.07, 6.45) is 4.04. The summed E-state index contributed by atoms with van der Waals surface area (Å²) in [7, 11) is 3.22. The van der Waals surface area contributed by atoms with Gasteiger partial charge >= 0.3 is 0 Å². The van der Waals surface area contributed by atoms with Crippen LogP contribution in [0.3, 0.4) is 0 Å². The maximum atomic E-state index is 12.6. The number of methoxy groups -OCH3 is 2. The molecular weight excluding hydrogens is 464 g/mol. The summed E-state index contributed by atoms with van der Waals surface area (Å²) in [5.74, 6) is 2.46. The number of ether oxygens (including phenoxy) is 2. The number of carbonyl (C=O) groups excluding carboxylic acids is 1. The van der Waals surface area contributed by atoms with Crippen LogP contribution in [0.5, 0.6) is 11.5 Å². The molecule has 1 aliphatic heterocycles. The average molecular weight is 491 g/mol. The normalized spacial score (nSPS) is 15.3. The molecule has 1 aromatic carbocycles. The van der Waals surface area contributed by atoms with Gasteiger partial charge in [0.2, 0.25) is 5.95 Å². The summed E-state index contributed by atoms with van der Waals surface area (Å²) >= 11 is 1.69. The Kier molecular flexibility index (Phi) is 6.62. The molecule has 4 aromatic rings. The summed E-state index contributed by atoms with van der Waals surface area (Å²) in [5, 5.41) is 9.48. The number of hydrogen-bond donors (Lipinski definition) is 2. The minimum absolute atomic E-state index is 0.00268. The van der Waals surface area contributed by atoms with E-state index in [1.807, 2.05) is 18.2 Å². The number of rotatable bonds is 8. The molecule has 0 bridgehead atoms. The van der Waals surface area contributed by atoms with Crippen LogP contribution in [0, 0.1) is 0 Å². The van der Waals surface area contributed by atoms with E-state index in [-0.39, 0.29) is 11.9 Å². The van der Waals surface area contributed by atoms with Crippen molar-refractivity contribution in [3.05, 3.63) is 64.6 Å². The van der Waals surface area contributed by atoms with Gasteiger partial charge in [-0.3, -0.25) is 9.78 Å². The molecule has 1 saturated heterocycles. The second-order valence-electron chi connectivity index (χ2n) is 8.17. The SMILES string of the molecule is COc1cc2nc(N3CCC(NC(=O)c4ccncc4)C3)nc(NCc3cccs3)c2cc1OC. The van der Waals surface area contributed by atoms with Gasteiger partial charge < -0.3 is 25.0 Å². The summed E-state index contributed by atoms with van der Waals surface area (Å²) in [4.78, 5) is 29.6. The third kappa shape index (κ3) is 4.97. The molecule has 1 atom stereocenters. The van der Waals surface area contributed by atoms with Crippen LogP contribution in [-0.2, 0) is 6.54 Å². The van der Waals surface area contributed by atoms with Crippen LogP contribution in [0.4, 0.5) is 11.8 Å². The third-order valence-electron chi connectivity index (χ3n) is 5.95. The monoisotopic (exact) mass is 490 g/mol.